The summed E-state index contributed by atoms with van der Waals surface area (Å²) in [5, 5.41) is 0. The molecule has 240 valence electrons. The van der Waals surface area contributed by atoms with Crippen molar-refractivity contribution < 1.29 is 21.6 Å². The predicted molar refractivity (Wildman–Crippen MR) is 172 cm³/mol. The Morgan fingerprint density at radius 1 is 0.767 bits per heavy atom. The van der Waals surface area contributed by atoms with Crippen LogP contribution in [0.25, 0.3) is 0 Å². The standard InChI is InChI=1S/C32H50N4O5S2/c1-27-8-12-30(13-9-27)42(37,38)35-20-6-18-34(24-28-16-22-41-23-17-28)19-7-21-36(26-32(2,3)25-35)43(39,40)31-14-10-29(11-15-31)33(4)5/h8-15,28H,6-7,16-26H2,1-5H3. The zero-order chi connectivity index (χ0) is 31.3. The van der Waals surface area contributed by atoms with E-state index in [9.17, 15) is 16.8 Å². The van der Waals surface area contributed by atoms with Crippen LogP contribution in [0.2, 0.25) is 0 Å². The van der Waals surface area contributed by atoms with Crippen molar-refractivity contribution in [2.24, 2.45) is 11.3 Å². The molecule has 2 aliphatic rings. The second-order valence-electron chi connectivity index (χ2n) is 13.1. The monoisotopic (exact) mass is 634 g/mol. The van der Waals surface area contributed by atoms with Crippen LogP contribution < -0.4 is 4.90 Å². The summed E-state index contributed by atoms with van der Waals surface area (Å²) >= 11 is 0. The molecule has 43 heavy (non-hydrogen) atoms. The number of rotatable bonds is 7. The van der Waals surface area contributed by atoms with E-state index in [1.807, 2.05) is 64.0 Å². The summed E-state index contributed by atoms with van der Waals surface area (Å²) in [6, 6.07) is 13.9. The molecule has 2 aliphatic heterocycles. The Bertz CT molecular complexity index is 1390. The lowest BCUT2D eigenvalue weighted by Crippen LogP contribution is -2.48. The zero-order valence-electron chi connectivity index (χ0n) is 26.5. The fraction of sp³-hybridized carbons (Fsp3) is 0.625. The van der Waals surface area contributed by atoms with E-state index in [0.717, 1.165) is 56.9 Å². The third-order valence-corrected chi connectivity index (χ3v) is 12.2. The topological polar surface area (TPSA) is 90.5 Å². The first-order valence-corrected chi connectivity index (χ1v) is 18.3. The Hall–Kier alpha value is -2.02. The smallest absolute Gasteiger partial charge is 0.243 e. The SMILES string of the molecule is Cc1ccc(S(=O)(=O)N2CCCN(CC3CCOCC3)CCCN(S(=O)(=O)c3ccc(N(C)C)cc3)CC(C)(C)C2)cc1. The van der Waals surface area contributed by atoms with E-state index in [1.165, 1.54) is 0 Å². The van der Waals surface area contributed by atoms with Crippen molar-refractivity contribution in [3.8, 4) is 0 Å². The van der Waals surface area contributed by atoms with Gasteiger partial charge in [0.25, 0.3) is 0 Å². The summed E-state index contributed by atoms with van der Waals surface area (Å²) in [5.74, 6) is 0.531. The van der Waals surface area contributed by atoms with Gasteiger partial charge in [0.1, 0.15) is 0 Å². The van der Waals surface area contributed by atoms with Crippen LogP contribution >= 0.6 is 0 Å². The largest absolute Gasteiger partial charge is 0.381 e. The summed E-state index contributed by atoms with van der Waals surface area (Å²) in [6.07, 6.45) is 3.45. The van der Waals surface area contributed by atoms with Crippen LogP contribution in [-0.4, -0.2) is 103 Å². The van der Waals surface area contributed by atoms with Gasteiger partial charge < -0.3 is 14.5 Å². The summed E-state index contributed by atoms with van der Waals surface area (Å²) in [4.78, 5) is 4.86. The van der Waals surface area contributed by atoms with Gasteiger partial charge in [0.15, 0.2) is 0 Å². The van der Waals surface area contributed by atoms with Gasteiger partial charge in [-0.2, -0.15) is 8.61 Å². The van der Waals surface area contributed by atoms with E-state index < -0.39 is 25.5 Å². The molecule has 0 radical (unpaired) electrons. The van der Waals surface area contributed by atoms with Crippen LogP contribution in [0.1, 0.15) is 45.1 Å². The molecule has 2 saturated heterocycles. The number of nitrogens with zero attached hydrogens (tertiary/aromatic N) is 4. The van der Waals surface area contributed by atoms with Gasteiger partial charge in [0, 0.05) is 65.7 Å². The summed E-state index contributed by atoms with van der Waals surface area (Å²) in [7, 11) is -3.74. The van der Waals surface area contributed by atoms with Gasteiger partial charge in [-0.05, 0) is 93.4 Å². The minimum Gasteiger partial charge on any atom is -0.381 e. The number of sulfonamides is 2. The van der Waals surface area contributed by atoms with Gasteiger partial charge in [0.05, 0.1) is 9.79 Å². The van der Waals surface area contributed by atoms with Crippen molar-refractivity contribution >= 4 is 25.7 Å². The second-order valence-corrected chi connectivity index (χ2v) is 17.0. The number of hydrogen-bond donors (Lipinski definition) is 0. The summed E-state index contributed by atoms with van der Waals surface area (Å²) < 4.78 is 64.7. The maximum absolute atomic E-state index is 14.1. The lowest BCUT2D eigenvalue weighted by Gasteiger charge is -2.38. The molecule has 0 bridgehead atoms. The van der Waals surface area contributed by atoms with Crippen molar-refractivity contribution in [2.75, 3.05) is 78.0 Å². The predicted octanol–water partition coefficient (Wildman–Crippen LogP) is 4.29. The molecule has 0 atom stereocenters. The molecule has 0 aliphatic carbocycles. The average Bonchev–Trinajstić information content (AvgIpc) is 2.96. The molecule has 0 saturated carbocycles. The van der Waals surface area contributed by atoms with Crippen molar-refractivity contribution in [1.29, 1.82) is 0 Å². The van der Waals surface area contributed by atoms with Crippen molar-refractivity contribution in [2.45, 2.75) is 56.2 Å². The molecule has 2 aromatic rings. The maximum atomic E-state index is 14.1. The minimum atomic E-state index is -3.81. The maximum Gasteiger partial charge on any atom is 0.243 e. The Morgan fingerprint density at radius 2 is 1.23 bits per heavy atom. The van der Waals surface area contributed by atoms with Gasteiger partial charge in [-0.15, -0.1) is 0 Å². The van der Waals surface area contributed by atoms with E-state index in [1.54, 1.807) is 32.9 Å². The van der Waals surface area contributed by atoms with Gasteiger partial charge in [-0.1, -0.05) is 31.5 Å². The van der Waals surface area contributed by atoms with Gasteiger partial charge in [-0.3, -0.25) is 0 Å². The van der Waals surface area contributed by atoms with Crippen molar-refractivity contribution in [1.82, 2.24) is 13.5 Å². The summed E-state index contributed by atoms with van der Waals surface area (Å²) in [5.41, 5.74) is 1.29. The number of ether oxygens (including phenoxy) is 1. The third kappa shape index (κ3) is 9.02. The summed E-state index contributed by atoms with van der Waals surface area (Å²) in [6.45, 7) is 11.0. The Balaban J connectivity index is 1.64. The van der Waals surface area contributed by atoms with Crippen LogP contribution in [0.5, 0.6) is 0 Å². The normalized spacial score (nSPS) is 21.1. The van der Waals surface area contributed by atoms with Crippen LogP contribution in [0.15, 0.2) is 58.3 Å². The lowest BCUT2D eigenvalue weighted by atomic mass is 9.93. The fourth-order valence-corrected chi connectivity index (χ4v) is 9.36. The first-order chi connectivity index (χ1) is 20.3. The lowest BCUT2D eigenvalue weighted by molar-refractivity contribution is 0.0513. The molecule has 2 aromatic carbocycles. The molecule has 0 aromatic heterocycles. The third-order valence-electron chi connectivity index (χ3n) is 8.48. The van der Waals surface area contributed by atoms with E-state index in [-0.39, 0.29) is 22.9 Å². The average molecular weight is 635 g/mol. The highest BCUT2D eigenvalue weighted by Gasteiger charge is 2.36. The highest BCUT2D eigenvalue weighted by molar-refractivity contribution is 7.89. The number of benzene rings is 2. The van der Waals surface area contributed by atoms with Gasteiger partial charge in [-0.25, -0.2) is 16.8 Å². The van der Waals surface area contributed by atoms with E-state index in [2.05, 4.69) is 4.90 Å². The first kappa shape index (κ1) is 33.9. The van der Waals surface area contributed by atoms with E-state index >= 15 is 0 Å². The van der Waals surface area contributed by atoms with Crippen LogP contribution in [0, 0.1) is 18.3 Å². The number of hydrogen-bond acceptors (Lipinski definition) is 7. The molecule has 0 amide bonds. The Morgan fingerprint density at radius 3 is 1.70 bits per heavy atom. The van der Waals surface area contributed by atoms with Crippen molar-refractivity contribution in [3.05, 3.63) is 54.1 Å². The van der Waals surface area contributed by atoms with Crippen LogP contribution in [-0.2, 0) is 24.8 Å². The fourth-order valence-electron chi connectivity index (χ4n) is 6.03. The van der Waals surface area contributed by atoms with Gasteiger partial charge in [0.2, 0.25) is 20.0 Å². The zero-order valence-corrected chi connectivity index (χ0v) is 28.2. The van der Waals surface area contributed by atoms with Crippen molar-refractivity contribution in [3.63, 3.8) is 0 Å². The molecule has 11 heteroatoms. The molecular formula is C32H50N4O5S2. The Kier molecular flexibility index (Phi) is 11.3. The highest BCUT2D eigenvalue weighted by Crippen LogP contribution is 2.29. The molecule has 4 rings (SSSR count). The van der Waals surface area contributed by atoms with E-state index in [0.29, 0.717) is 31.8 Å². The van der Waals surface area contributed by atoms with Crippen LogP contribution in [0.3, 0.4) is 0 Å². The molecule has 9 nitrogen and oxygen atoms in total. The number of anilines is 1. The molecule has 2 heterocycles. The van der Waals surface area contributed by atoms with Crippen LogP contribution in [0.4, 0.5) is 5.69 Å². The first-order valence-electron chi connectivity index (χ1n) is 15.4. The Labute approximate surface area is 259 Å². The second kappa shape index (κ2) is 14.4. The highest BCUT2D eigenvalue weighted by atomic mass is 32.2. The molecule has 0 N–H and O–H groups in total. The quantitative estimate of drug-likeness (QED) is 0.449. The molecule has 2 fully saturated rings. The van der Waals surface area contributed by atoms with E-state index in [4.69, 9.17) is 4.74 Å². The number of aryl methyl sites for hydroxylation is 1. The molecular weight excluding hydrogens is 585 g/mol. The van der Waals surface area contributed by atoms with Gasteiger partial charge >= 0.3 is 0 Å². The minimum absolute atomic E-state index is 0.213. The molecule has 0 unspecified atom stereocenters. The molecule has 0 spiro atoms.